The second kappa shape index (κ2) is 5.91. The number of aryl methyl sites for hydroxylation is 2. The molecule has 0 saturated heterocycles. The lowest BCUT2D eigenvalue weighted by atomic mass is 10.1. The van der Waals surface area contributed by atoms with E-state index in [1.165, 1.54) is 16.5 Å². The maximum Gasteiger partial charge on any atom is 0.143 e. The van der Waals surface area contributed by atoms with Crippen LogP contribution >= 0.6 is 0 Å². The van der Waals surface area contributed by atoms with Crippen LogP contribution in [0.3, 0.4) is 0 Å². The Labute approximate surface area is 109 Å². The fourth-order valence-electron chi connectivity index (χ4n) is 2.34. The SMILES string of the molecule is CCNCCCc1c[nH]c2c(OC)cc(C)cc12. The minimum Gasteiger partial charge on any atom is -0.495 e. The molecule has 0 aliphatic rings. The quantitative estimate of drug-likeness (QED) is 0.769. The van der Waals surface area contributed by atoms with Gasteiger partial charge in [0.25, 0.3) is 0 Å². The summed E-state index contributed by atoms with van der Waals surface area (Å²) < 4.78 is 5.42. The molecular weight excluding hydrogens is 224 g/mol. The second-order valence-corrected chi connectivity index (χ2v) is 4.66. The van der Waals surface area contributed by atoms with Crippen molar-refractivity contribution in [3.63, 3.8) is 0 Å². The van der Waals surface area contributed by atoms with Crippen molar-refractivity contribution < 1.29 is 4.74 Å². The van der Waals surface area contributed by atoms with E-state index in [1.807, 2.05) is 0 Å². The zero-order valence-electron chi connectivity index (χ0n) is 11.5. The average Bonchev–Trinajstić information content (AvgIpc) is 2.77. The van der Waals surface area contributed by atoms with Crippen molar-refractivity contribution in [2.24, 2.45) is 0 Å². The molecule has 0 spiro atoms. The van der Waals surface area contributed by atoms with E-state index in [9.17, 15) is 0 Å². The van der Waals surface area contributed by atoms with Crippen LogP contribution in [0.2, 0.25) is 0 Å². The maximum atomic E-state index is 5.42. The molecule has 3 nitrogen and oxygen atoms in total. The molecule has 2 rings (SSSR count). The van der Waals surface area contributed by atoms with Crippen LogP contribution in [-0.4, -0.2) is 25.2 Å². The summed E-state index contributed by atoms with van der Waals surface area (Å²) in [4.78, 5) is 3.33. The zero-order valence-corrected chi connectivity index (χ0v) is 11.5. The van der Waals surface area contributed by atoms with Gasteiger partial charge in [-0.05, 0) is 56.1 Å². The summed E-state index contributed by atoms with van der Waals surface area (Å²) in [5, 5.41) is 4.65. The molecule has 3 heteroatoms. The molecule has 0 fully saturated rings. The fourth-order valence-corrected chi connectivity index (χ4v) is 2.34. The Balaban J connectivity index is 2.21. The Morgan fingerprint density at radius 3 is 2.89 bits per heavy atom. The molecule has 18 heavy (non-hydrogen) atoms. The molecule has 1 heterocycles. The highest BCUT2D eigenvalue weighted by molar-refractivity contribution is 5.89. The molecule has 0 saturated carbocycles. The average molecular weight is 246 g/mol. The first-order valence-electron chi connectivity index (χ1n) is 6.61. The molecule has 98 valence electrons. The largest absolute Gasteiger partial charge is 0.495 e. The molecule has 0 aliphatic carbocycles. The van der Waals surface area contributed by atoms with Crippen molar-refractivity contribution in [3.05, 3.63) is 29.5 Å². The molecule has 0 amide bonds. The van der Waals surface area contributed by atoms with E-state index >= 15 is 0 Å². The number of ether oxygens (including phenoxy) is 1. The van der Waals surface area contributed by atoms with Gasteiger partial charge < -0.3 is 15.0 Å². The lowest BCUT2D eigenvalue weighted by Gasteiger charge is -2.05. The van der Waals surface area contributed by atoms with Crippen LogP contribution < -0.4 is 10.1 Å². The highest BCUT2D eigenvalue weighted by Crippen LogP contribution is 2.29. The van der Waals surface area contributed by atoms with E-state index < -0.39 is 0 Å². The van der Waals surface area contributed by atoms with Crippen LogP contribution in [0.5, 0.6) is 5.75 Å². The normalized spacial score (nSPS) is 11.1. The molecule has 0 radical (unpaired) electrons. The van der Waals surface area contributed by atoms with Crippen molar-refractivity contribution in [2.45, 2.75) is 26.7 Å². The predicted molar refractivity (Wildman–Crippen MR) is 76.5 cm³/mol. The van der Waals surface area contributed by atoms with Gasteiger partial charge in [-0.3, -0.25) is 0 Å². The molecule has 0 bridgehead atoms. The predicted octanol–water partition coefficient (Wildman–Crippen LogP) is 3.03. The van der Waals surface area contributed by atoms with Crippen LogP contribution in [0.4, 0.5) is 0 Å². The van der Waals surface area contributed by atoms with Crippen molar-refractivity contribution in [2.75, 3.05) is 20.2 Å². The zero-order chi connectivity index (χ0) is 13.0. The van der Waals surface area contributed by atoms with E-state index in [0.717, 1.165) is 37.2 Å². The summed E-state index contributed by atoms with van der Waals surface area (Å²) in [6, 6.07) is 4.30. The summed E-state index contributed by atoms with van der Waals surface area (Å²) in [6.45, 7) is 6.37. The van der Waals surface area contributed by atoms with E-state index in [0.29, 0.717) is 0 Å². The third-order valence-corrected chi connectivity index (χ3v) is 3.25. The van der Waals surface area contributed by atoms with Crippen molar-refractivity contribution in [1.29, 1.82) is 0 Å². The standard InChI is InChI=1S/C15H22N2O/c1-4-16-7-5-6-12-10-17-15-13(12)8-11(2)9-14(15)18-3/h8-10,16-17H,4-7H2,1-3H3. The summed E-state index contributed by atoms with van der Waals surface area (Å²) in [6.07, 6.45) is 4.37. The lowest BCUT2D eigenvalue weighted by Crippen LogP contribution is -2.14. The molecule has 1 aromatic heterocycles. The Hall–Kier alpha value is -1.48. The highest BCUT2D eigenvalue weighted by atomic mass is 16.5. The summed E-state index contributed by atoms with van der Waals surface area (Å²) >= 11 is 0. The first-order valence-corrected chi connectivity index (χ1v) is 6.61. The van der Waals surface area contributed by atoms with Gasteiger partial charge in [-0.25, -0.2) is 0 Å². The van der Waals surface area contributed by atoms with Gasteiger partial charge in [0.2, 0.25) is 0 Å². The van der Waals surface area contributed by atoms with E-state index in [4.69, 9.17) is 4.74 Å². The molecule has 0 aliphatic heterocycles. The van der Waals surface area contributed by atoms with Gasteiger partial charge in [-0.15, -0.1) is 0 Å². The van der Waals surface area contributed by atoms with Gasteiger partial charge in [0, 0.05) is 11.6 Å². The number of fused-ring (bicyclic) bond motifs is 1. The van der Waals surface area contributed by atoms with Gasteiger partial charge in [0.05, 0.1) is 12.6 Å². The monoisotopic (exact) mass is 246 g/mol. The van der Waals surface area contributed by atoms with Crippen LogP contribution in [-0.2, 0) is 6.42 Å². The van der Waals surface area contributed by atoms with Crippen LogP contribution in [0.1, 0.15) is 24.5 Å². The molecule has 0 unspecified atom stereocenters. The number of hydrogen-bond donors (Lipinski definition) is 2. The number of nitrogens with one attached hydrogen (secondary N) is 2. The van der Waals surface area contributed by atoms with E-state index in [2.05, 4.69) is 42.5 Å². The fraction of sp³-hybridized carbons (Fsp3) is 0.467. The van der Waals surface area contributed by atoms with Crippen LogP contribution in [0.25, 0.3) is 10.9 Å². The Kier molecular flexibility index (Phi) is 4.26. The molecular formula is C15H22N2O. The maximum absolute atomic E-state index is 5.42. The minimum atomic E-state index is 0.933. The van der Waals surface area contributed by atoms with Gasteiger partial charge in [-0.2, -0.15) is 0 Å². The van der Waals surface area contributed by atoms with Crippen molar-refractivity contribution >= 4 is 10.9 Å². The highest BCUT2D eigenvalue weighted by Gasteiger charge is 2.08. The Morgan fingerprint density at radius 2 is 2.17 bits per heavy atom. The van der Waals surface area contributed by atoms with Crippen molar-refractivity contribution in [3.8, 4) is 5.75 Å². The third kappa shape index (κ3) is 2.67. The molecule has 2 aromatic rings. The number of rotatable bonds is 6. The third-order valence-electron chi connectivity index (χ3n) is 3.25. The number of H-pyrrole nitrogens is 1. The molecule has 1 aromatic carbocycles. The van der Waals surface area contributed by atoms with Gasteiger partial charge in [0.1, 0.15) is 5.75 Å². The summed E-state index contributed by atoms with van der Waals surface area (Å²) in [7, 11) is 1.72. The first-order chi connectivity index (χ1) is 8.76. The summed E-state index contributed by atoms with van der Waals surface area (Å²) in [5.74, 6) is 0.933. The second-order valence-electron chi connectivity index (χ2n) is 4.66. The van der Waals surface area contributed by atoms with E-state index in [1.54, 1.807) is 7.11 Å². The number of aromatic nitrogens is 1. The van der Waals surface area contributed by atoms with Gasteiger partial charge in [0.15, 0.2) is 0 Å². The lowest BCUT2D eigenvalue weighted by molar-refractivity contribution is 0.418. The summed E-state index contributed by atoms with van der Waals surface area (Å²) in [5.41, 5.74) is 3.73. The number of benzene rings is 1. The van der Waals surface area contributed by atoms with E-state index in [-0.39, 0.29) is 0 Å². The first kappa shape index (κ1) is 13.0. The molecule has 2 N–H and O–H groups in total. The molecule has 0 atom stereocenters. The van der Waals surface area contributed by atoms with Crippen molar-refractivity contribution in [1.82, 2.24) is 10.3 Å². The smallest absolute Gasteiger partial charge is 0.143 e. The number of aromatic amines is 1. The van der Waals surface area contributed by atoms with Gasteiger partial charge >= 0.3 is 0 Å². The topological polar surface area (TPSA) is 37.0 Å². The minimum absolute atomic E-state index is 0.933. The number of hydrogen-bond acceptors (Lipinski definition) is 2. The van der Waals surface area contributed by atoms with Gasteiger partial charge in [-0.1, -0.05) is 6.92 Å². The van der Waals surface area contributed by atoms with Crippen LogP contribution in [0.15, 0.2) is 18.3 Å². The Morgan fingerprint density at radius 1 is 1.33 bits per heavy atom. The van der Waals surface area contributed by atoms with Crippen LogP contribution in [0, 0.1) is 6.92 Å². The Bertz CT molecular complexity index is 516. The number of methoxy groups -OCH3 is 1.